The van der Waals surface area contributed by atoms with Crippen molar-refractivity contribution >= 4 is 11.6 Å². The second-order valence-corrected chi connectivity index (χ2v) is 4.54. The number of rotatable bonds is 7. The Morgan fingerprint density at radius 2 is 2.24 bits per heavy atom. The molecule has 0 amide bonds. The van der Waals surface area contributed by atoms with E-state index in [1.807, 2.05) is 32.0 Å². The average Bonchev–Trinajstić information content (AvgIpc) is 2.28. The van der Waals surface area contributed by atoms with Gasteiger partial charge in [-0.25, -0.2) is 0 Å². The van der Waals surface area contributed by atoms with Crippen molar-refractivity contribution in [3.8, 4) is 5.75 Å². The number of halogens is 1. The van der Waals surface area contributed by atoms with E-state index in [4.69, 9.17) is 22.1 Å². The number of hydrogen-bond acceptors (Lipinski definition) is 3. The molecular formula is C13H21ClN2O. The quantitative estimate of drug-likeness (QED) is 0.736. The van der Waals surface area contributed by atoms with Crippen LogP contribution in [0.3, 0.4) is 0 Å². The summed E-state index contributed by atoms with van der Waals surface area (Å²) in [4.78, 5) is 0. The Hall–Kier alpha value is -0.770. The lowest BCUT2D eigenvalue weighted by Gasteiger charge is -2.09. The SMILES string of the molecule is CCOc1ccc(CCNCC(C)N)cc1Cl. The van der Waals surface area contributed by atoms with Crippen LogP contribution in [-0.2, 0) is 6.42 Å². The highest BCUT2D eigenvalue weighted by molar-refractivity contribution is 6.32. The van der Waals surface area contributed by atoms with Crippen LogP contribution in [0.15, 0.2) is 18.2 Å². The van der Waals surface area contributed by atoms with Crippen LogP contribution in [0.4, 0.5) is 0 Å². The molecule has 1 aromatic rings. The first-order valence-electron chi connectivity index (χ1n) is 6.01. The van der Waals surface area contributed by atoms with Gasteiger partial charge in [0.1, 0.15) is 5.75 Å². The van der Waals surface area contributed by atoms with Crippen molar-refractivity contribution in [2.24, 2.45) is 5.73 Å². The van der Waals surface area contributed by atoms with Crippen molar-refractivity contribution in [2.45, 2.75) is 26.3 Å². The summed E-state index contributed by atoms with van der Waals surface area (Å²) in [5.41, 5.74) is 6.85. The van der Waals surface area contributed by atoms with Crippen LogP contribution < -0.4 is 15.8 Å². The van der Waals surface area contributed by atoms with Gasteiger partial charge >= 0.3 is 0 Å². The van der Waals surface area contributed by atoms with Gasteiger partial charge in [0.25, 0.3) is 0 Å². The second-order valence-electron chi connectivity index (χ2n) is 4.13. The fourth-order valence-corrected chi connectivity index (χ4v) is 1.79. The van der Waals surface area contributed by atoms with Crippen LogP contribution >= 0.6 is 11.6 Å². The Kier molecular flexibility index (Phi) is 6.34. The summed E-state index contributed by atoms with van der Waals surface area (Å²) in [5.74, 6) is 0.751. The Morgan fingerprint density at radius 3 is 2.82 bits per heavy atom. The Bertz CT molecular complexity index is 342. The minimum absolute atomic E-state index is 0.193. The summed E-state index contributed by atoms with van der Waals surface area (Å²) < 4.78 is 5.38. The molecule has 0 bridgehead atoms. The molecule has 1 unspecified atom stereocenters. The molecule has 0 saturated carbocycles. The van der Waals surface area contributed by atoms with Crippen LogP contribution in [0, 0.1) is 0 Å². The van der Waals surface area contributed by atoms with Gasteiger partial charge in [-0.3, -0.25) is 0 Å². The first kappa shape index (κ1) is 14.3. The highest BCUT2D eigenvalue weighted by Crippen LogP contribution is 2.25. The summed E-state index contributed by atoms with van der Waals surface area (Å²) in [6.07, 6.45) is 0.943. The van der Waals surface area contributed by atoms with Gasteiger partial charge in [0.05, 0.1) is 11.6 Å². The zero-order valence-electron chi connectivity index (χ0n) is 10.5. The lowest BCUT2D eigenvalue weighted by Crippen LogP contribution is -2.32. The molecular weight excluding hydrogens is 236 g/mol. The van der Waals surface area contributed by atoms with E-state index < -0.39 is 0 Å². The molecule has 0 heterocycles. The lowest BCUT2D eigenvalue weighted by molar-refractivity contribution is 0.340. The maximum absolute atomic E-state index is 6.11. The zero-order valence-corrected chi connectivity index (χ0v) is 11.3. The van der Waals surface area contributed by atoms with E-state index in [2.05, 4.69) is 5.32 Å². The van der Waals surface area contributed by atoms with Crippen LogP contribution in [0.2, 0.25) is 5.02 Å². The Morgan fingerprint density at radius 1 is 1.47 bits per heavy atom. The predicted molar refractivity (Wildman–Crippen MR) is 72.8 cm³/mol. The third-order valence-corrected chi connectivity index (χ3v) is 2.65. The van der Waals surface area contributed by atoms with E-state index in [1.165, 1.54) is 5.56 Å². The van der Waals surface area contributed by atoms with E-state index in [9.17, 15) is 0 Å². The maximum Gasteiger partial charge on any atom is 0.137 e. The van der Waals surface area contributed by atoms with E-state index in [-0.39, 0.29) is 6.04 Å². The highest BCUT2D eigenvalue weighted by atomic mass is 35.5. The molecule has 0 aliphatic rings. The van der Waals surface area contributed by atoms with Gasteiger partial charge in [0, 0.05) is 12.6 Å². The average molecular weight is 257 g/mol. The minimum atomic E-state index is 0.193. The third kappa shape index (κ3) is 5.39. The molecule has 0 radical (unpaired) electrons. The smallest absolute Gasteiger partial charge is 0.137 e. The minimum Gasteiger partial charge on any atom is -0.492 e. The van der Waals surface area contributed by atoms with Crippen molar-refractivity contribution in [1.29, 1.82) is 0 Å². The molecule has 96 valence electrons. The molecule has 1 atom stereocenters. The molecule has 0 fully saturated rings. The van der Waals surface area contributed by atoms with Gasteiger partial charge in [-0.2, -0.15) is 0 Å². The molecule has 0 aromatic heterocycles. The van der Waals surface area contributed by atoms with Gasteiger partial charge in [-0.05, 0) is 44.5 Å². The van der Waals surface area contributed by atoms with Crippen LogP contribution in [-0.4, -0.2) is 25.7 Å². The standard InChI is InChI=1S/C13H21ClN2O/c1-3-17-13-5-4-11(8-12(13)14)6-7-16-9-10(2)15/h4-5,8,10,16H,3,6-7,9,15H2,1-2H3. The van der Waals surface area contributed by atoms with Gasteiger partial charge in [0.15, 0.2) is 0 Å². The monoisotopic (exact) mass is 256 g/mol. The van der Waals surface area contributed by atoms with Crippen molar-refractivity contribution < 1.29 is 4.74 Å². The highest BCUT2D eigenvalue weighted by Gasteiger charge is 2.02. The van der Waals surface area contributed by atoms with Crippen LogP contribution in [0.5, 0.6) is 5.75 Å². The molecule has 0 aliphatic carbocycles. The normalized spacial score (nSPS) is 12.5. The van der Waals surface area contributed by atoms with Crippen molar-refractivity contribution in [2.75, 3.05) is 19.7 Å². The summed E-state index contributed by atoms with van der Waals surface area (Å²) in [5, 5.41) is 3.97. The van der Waals surface area contributed by atoms with E-state index in [0.29, 0.717) is 11.6 Å². The molecule has 17 heavy (non-hydrogen) atoms. The van der Waals surface area contributed by atoms with E-state index in [0.717, 1.165) is 25.3 Å². The number of ether oxygens (including phenoxy) is 1. The third-order valence-electron chi connectivity index (χ3n) is 2.35. The summed E-state index contributed by atoms with van der Waals surface area (Å²) >= 11 is 6.11. The number of hydrogen-bond donors (Lipinski definition) is 2. The van der Waals surface area contributed by atoms with E-state index >= 15 is 0 Å². The first-order chi connectivity index (χ1) is 8.13. The molecule has 0 saturated heterocycles. The zero-order chi connectivity index (χ0) is 12.7. The van der Waals surface area contributed by atoms with Gasteiger partial charge in [0.2, 0.25) is 0 Å². The topological polar surface area (TPSA) is 47.3 Å². The maximum atomic E-state index is 6.11. The summed E-state index contributed by atoms with van der Waals surface area (Å²) in [6, 6.07) is 6.12. The molecule has 0 aliphatic heterocycles. The van der Waals surface area contributed by atoms with Crippen molar-refractivity contribution in [3.63, 3.8) is 0 Å². The first-order valence-corrected chi connectivity index (χ1v) is 6.38. The molecule has 4 heteroatoms. The number of nitrogens with one attached hydrogen (secondary N) is 1. The van der Waals surface area contributed by atoms with Gasteiger partial charge < -0.3 is 15.8 Å². The molecule has 3 N–H and O–H groups in total. The second kappa shape index (κ2) is 7.54. The van der Waals surface area contributed by atoms with E-state index in [1.54, 1.807) is 0 Å². The van der Waals surface area contributed by atoms with Crippen LogP contribution in [0.1, 0.15) is 19.4 Å². The molecule has 3 nitrogen and oxygen atoms in total. The fraction of sp³-hybridized carbons (Fsp3) is 0.538. The van der Waals surface area contributed by atoms with Crippen molar-refractivity contribution in [1.82, 2.24) is 5.32 Å². The fourth-order valence-electron chi connectivity index (χ4n) is 1.53. The van der Waals surface area contributed by atoms with Crippen molar-refractivity contribution in [3.05, 3.63) is 28.8 Å². The lowest BCUT2D eigenvalue weighted by atomic mass is 10.1. The number of benzene rings is 1. The van der Waals surface area contributed by atoms with Gasteiger partial charge in [-0.1, -0.05) is 17.7 Å². The van der Waals surface area contributed by atoms with Crippen LogP contribution in [0.25, 0.3) is 0 Å². The Balaban J connectivity index is 2.41. The predicted octanol–water partition coefficient (Wildman–Crippen LogP) is 2.22. The number of nitrogens with two attached hydrogens (primary N) is 1. The Labute approximate surface area is 108 Å². The molecule has 0 spiro atoms. The summed E-state index contributed by atoms with van der Waals surface area (Å²) in [6.45, 7) is 6.31. The largest absolute Gasteiger partial charge is 0.492 e. The summed E-state index contributed by atoms with van der Waals surface area (Å²) in [7, 11) is 0. The molecule has 1 aromatic carbocycles. The molecule has 1 rings (SSSR count). The van der Waals surface area contributed by atoms with Gasteiger partial charge in [-0.15, -0.1) is 0 Å².